The first-order chi connectivity index (χ1) is 16.0. The fraction of sp³-hybridized carbons (Fsp3) is 0.0800. The van der Waals surface area contributed by atoms with E-state index in [9.17, 15) is 9.59 Å². The van der Waals surface area contributed by atoms with Gasteiger partial charge in [-0.1, -0.05) is 41.7 Å². The van der Waals surface area contributed by atoms with E-state index in [4.69, 9.17) is 4.74 Å². The highest BCUT2D eigenvalue weighted by molar-refractivity contribution is 7.17. The zero-order valence-electron chi connectivity index (χ0n) is 18.1. The number of para-hydroxylation sites is 1. The molecule has 4 aromatic rings. The molecule has 1 heterocycles. The number of aromatic nitrogens is 1. The largest absolute Gasteiger partial charge is 0.457 e. The van der Waals surface area contributed by atoms with Gasteiger partial charge in [0, 0.05) is 11.4 Å². The highest BCUT2D eigenvalue weighted by atomic mass is 32.1. The summed E-state index contributed by atoms with van der Waals surface area (Å²) in [6, 6.07) is 23.6. The number of ether oxygens (including phenoxy) is 1. The SMILES string of the molecule is Cc1cccc(NC(=O)Nc2nc(C)c(C(=O)Nc3ccc(Oc4ccccc4)cc3)s2)c1. The van der Waals surface area contributed by atoms with E-state index in [0.29, 0.717) is 32.8 Å². The third kappa shape index (κ3) is 5.96. The molecule has 0 fully saturated rings. The maximum absolute atomic E-state index is 12.7. The van der Waals surface area contributed by atoms with Crippen molar-refractivity contribution in [1.82, 2.24) is 4.98 Å². The van der Waals surface area contributed by atoms with E-state index in [0.717, 1.165) is 22.6 Å². The lowest BCUT2D eigenvalue weighted by atomic mass is 10.2. The minimum Gasteiger partial charge on any atom is -0.457 e. The van der Waals surface area contributed by atoms with Crippen molar-refractivity contribution in [3.8, 4) is 11.5 Å². The molecule has 0 bridgehead atoms. The molecule has 0 unspecified atom stereocenters. The van der Waals surface area contributed by atoms with Gasteiger partial charge in [0.25, 0.3) is 5.91 Å². The van der Waals surface area contributed by atoms with Crippen LogP contribution in [0.25, 0.3) is 0 Å². The van der Waals surface area contributed by atoms with Gasteiger partial charge in [-0.15, -0.1) is 0 Å². The summed E-state index contributed by atoms with van der Waals surface area (Å²) in [4.78, 5) is 29.7. The molecule has 0 saturated heterocycles. The van der Waals surface area contributed by atoms with E-state index in [-0.39, 0.29) is 5.91 Å². The summed E-state index contributed by atoms with van der Waals surface area (Å²) in [5.41, 5.74) is 2.88. The van der Waals surface area contributed by atoms with Gasteiger partial charge in [-0.2, -0.15) is 0 Å². The van der Waals surface area contributed by atoms with Gasteiger partial charge in [-0.25, -0.2) is 9.78 Å². The van der Waals surface area contributed by atoms with E-state index in [1.807, 2.05) is 55.5 Å². The second kappa shape index (κ2) is 9.97. The zero-order chi connectivity index (χ0) is 23.2. The van der Waals surface area contributed by atoms with E-state index in [1.165, 1.54) is 0 Å². The number of nitrogens with one attached hydrogen (secondary N) is 3. The molecule has 0 aliphatic heterocycles. The fourth-order valence-corrected chi connectivity index (χ4v) is 3.92. The number of urea groups is 1. The Morgan fingerprint density at radius 2 is 1.52 bits per heavy atom. The normalized spacial score (nSPS) is 10.4. The second-order valence-corrected chi connectivity index (χ2v) is 8.27. The summed E-state index contributed by atoms with van der Waals surface area (Å²) < 4.78 is 5.76. The molecule has 166 valence electrons. The van der Waals surface area contributed by atoms with Crippen LogP contribution in [0.4, 0.5) is 21.3 Å². The third-order valence-electron chi connectivity index (χ3n) is 4.59. The predicted octanol–water partition coefficient (Wildman–Crippen LogP) is 6.45. The van der Waals surface area contributed by atoms with E-state index < -0.39 is 6.03 Å². The Morgan fingerprint density at radius 1 is 0.788 bits per heavy atom. The lowest BCUT2D eigenvalue weighted by Gasteiger charge is -2.07. The molecule has 7 nitrogen and oxygen atoms in total. The van der Waals surface area contributed by atoms with Crippen molar-refractivity contribution in [3.05, 3.63) is 95.0 Å². The molecule has 0 aliphatic rings. The first-order valence-electron chi connectivity index (χ1n) is 10.2. The molecule has 3 N–H and O–H groups in total. The van der Waals surface area contributed by atoms with Gasteiger partial charge in [0.2, 0.25) is 0 Å². The van der Waals surface area contributed by atoms with Gasteiger partial charge in [-0.05, 0) is 67.9 Å². The van der Waals surface area contributed by atoms with Crippen LogP contribution in [-0.2, 0) is 0 Å². The van der Waals surface area contributed by atoms with Gasteiger partial charge in [-0.3, -0.25) is 10.1 Å². The third-order valence-corrected chi connectivity index (χ3v) is 5.66. The van der Waals surface area contributed by atoms with Crippen LogP contribution in [-0.4, -0.2) is 16.9 Å². The second-order valence-electron chi connectivity index (χ2n) is 7.28. The van der Waals surface area contributed by atoms with Crippen molar-refractivity contribution in [2.24, 2.45) is 0 Å². The van der Waals surface area contributed by atoms with Gasteiger partial charge in [0.1, 0.15) is 16.4 Å². The average molecular weight is 459 g/mol. The van der Waals surface area contributed by atoms with Crippen molar-refractivity contribution in [2.45, 2.75) is 13.8 Å². The van der Waals surface area contributed by atoms with E-state index >= 15 is 0 Å². The maximum Gasteiger partial charge on any atom is 0.325 e. The van der Waals surface area contributed by atoms with Crippen LogP contribution < -0.4 is 20.7 Å². The summed E-state index contributed by atoms with van der Waals surface area (Å²) >= 11 is 1.11. The minimum atomic E-state index is -0.421. The molecular weight excluding hydrogens is 436 g/mol. The molecule has 0 aliphatic carbocycles. The lowest BCUT2D eigenvalue weighted by molar-refractivity contribution is 0.102. The number of rotatable bonds is 6. The smallest absolute Gasteiger partial charge is 0.325 e. The summed E-state index contributed by atoms with van der Waals surface area (Å²) in [7, 11) is 0. The number of anilines is 3. The molecule has 33 heavy (non-hydrogen) atoms. The molecule has 0 saturated carbocycles. The molecule has 0 radical (unpaired) electrons. The monoisotopic (exact) mass is 458 g/mol. The fourth-order valence-electron chi connectivity index (χ4n) is 3.06. The van der Waals surface area contributed by atoms with Crippen LogP contribution in [0.3, 0.4) is 0 Å². The van der Waals surface area contributed by atoms with Crippen molar-refractivity contribution in [2.75, 3.05) is 16.0 Å². The van der Waals surface area contributed by atoms with Gasteiger partial charge in [0.15, 0.2) is 5.13 Å². The average Bonchev–Trinajstić information content (AvgIpc) is 3.15. The Hall–Kier alpha value is -4.17. The maximum atomic E-state index is 12.7. The Labute approximate surface area is 195 Å². The quantitative estimate of drug-likeness (QED) is 0.310. The van der Waals surface area contributed by atoms with Gasteiger partial charge < -0.3 is 15.4 Å². The number of carbonyl (C=O) groups excluding carboxylic acids is 2. The number of thiazole rings is 1. The minimum absolute atomic E-state index is 0.297. The molecular formula is C25H22N4O3S. The van der Waals surface area contributed by atoms with Crippen LogP contribution >= 0.6 is 11.3 Å². The topological polar surface area (TPSA) is 92.4 Å². The molecule has 3 aromatic carbocycles. The Kier molecular flexibility index (Phi) is 6.66. The van der Waals surface area contributed by atoms with Crippen LogP contribution in [0.2, 0.25) is 0 Å². The van der Waals surface area contributed by atoms with Crippen LogP contribution in [0.1, 0.15) is 20.9 Å². The van der Waals surface area contributed by atoms with Gasteiger partial charge >= 0.3 is 6.03 Å². The summed E-state index contributed by atoms with van der Waals surface area (Å²) in [5, 5.41) is 8.63. The number of nitrogens with zero attached hydrogens (tertiary/aromatic N) is 1. The number of aryl methyl sites for hydroxylation is 2. The van der Waals surface area contributed by atoms with E-state index in [1.54, 1.807) is 37.3 Å². The Bertz CT molecular complexity index is 1270. The number of hydrogen-bond donors (Lipinski definition) is 3. The predicted molar refractivity (Wildman–Crippen MR) is 132 cm³/mol. The lowest BCUT2D eigenvalue weighted by Crippen LogP contribution is -2.19. The highest BCUT2D eigenvalue weighted by Crippen LogP contribution is 2.26. The van der Waals surface area contributed by atoms with Crippen LogP contribution in [0.15, 0.2) is 78.9 Å². The standard InChI is InChI=1S/C25H22N4O3S/c1-16-7-6-8-19(15-16)28-24(31)29-25-26-17(2)22(33-25)23(30)27-18-11-13-21(14-12-18)32-20-9-4-3-5-10-20/h3-15H,1-2H3,(H,27,30)(H2,26,28,29,31). The molecule has 8 heteroatoms. The number of amides is 3. The first-order valence-corrected chi connectivity index (χ1v) is 11.0. The molecule has 1 aromatic heterocycles. The Balaban J connectivity index is 1.36. The molecule has 0 spiro atoms. The summed E-state index contributed by atoms with van der Waals surface area (Å²) in [6.45, 7) is 3.67. The van der Waals surface area contributed by atoms with Crippen molar-refractivity contribution in [1.29, 1.82) is 0 Å². The number of hydrogen-bond acceptors (Lipinski definition) is 5. The van der Waals surface area contributed by atoms with Gasteiger partial charge in [0.05, 0.1) is 5.69 Å². The summed E-state index contributed by atoms with van der Waals surface area (Å²) in [5.74, 6) is 1.11. The number of carbonyl (C=O) groups is 2. The van der Waals surface area contributed by atoms with Crippen LogP contribution in [0, 0.1) is 13.8 Å². The Morgan fingerprint density at radius 3 is 2.24 bits per heavy atom. The number of benzene rings is 3. The molecule has 3 amide bonds. The first kappa shape index (κ1) is 22.0. The van der Waals surface area contributed by atoms with Crippen molar-refractivity contribution >= 4 is 39.8 Å². The zero-order valence-corrected chi connectivity index (χ0v) is 18.9. The van der Waals surface area contributed by atoms with Crippen molar-refractivity contribution in [3.63, 3.8) is 0 Å². The highest BCUT2D eigenvalue weighted by Gasteiger charge is 2.17. The molecule has 0 atom stereocenters. The summed E-state index contributed by atoms with van der Waals surface area (Å²) in [6.07, 6.45) is 0. The van der Waals surface area contributed by atoms with Crippen molar-refractivity contribution < 1.29 is 14.3 Å². The molecule has 4 rings (SSSR count). The van der Waals surface area contributed by atoms with Crippen LogP contribution in [0.5, 0.6) is 11.5 Å². The van der Waals surface area contributed by atoms with E-state index in [2.05, 4.69) is 20.9 Å².